The Morgan fingerprint density at radius 1 is 1.48 bits per heavy atom. The Morgan fingerprint density at radius 2 is 2.19 bits per heavy atom. The molecule has 0 radical (unpaired) electrons. The molecule has 0 bridgehead atoms. The van der Waals surface area contributed by atoms with E-state index in [4.69, 9.17) is 10.5 Å². The number of carbonyl (C=O) groups excluding carboxylic acids is 1. The number of nitrogens with zero attached hydrogens (tertiary/aromatic N) is 1. The first-order valence-corrected chi connectivity index (χ1v) is 6.37. The molecule has 21 heavy (non-hydrogen) atoms. The highest BCUT2D eigenvalue weighted by Crippen LogP contribution is 2.36. The second-order valence-corrected chi connectivity index (χ2v) is 4.67. The molecule has 1 aromatic rings. The fourth-order valence-corrected chi connectivity index (χ4v) is 2.26. The van der Waals surface area contributed by atoms with E-state index in [-0.39, 0.29) is 18.2 Å². The van der Waals surface area contributed by atoms with Crippen LogP contribution >= 0.6 is 0 Å². The number of alkyl halides is 3. The summed E-state index contributed by atoms with van der Waals surface area (Å²) in [5.74, 6) is -0.305. The number of nitrogens with two attached hydrogens (primary N) is 1. The maximum Gasteiger partial charge on any atom is 0.418 e. The molecular formula is C13H16F3N3O2. The summed E-state index contributed by atoms with van der Waals surface area (Å²) in [5.41, 5.74) is 4.44. The van der Waals surface area contributed by atoms with Crippen molar-refractivity contribution in [3.8, 4) is 0 Å². The number of morpholine rings is 1. The number of likely N-dealkylation sites (N-methyl/N-ethyl adjacent to an activating group) is 1. The summed E-state index contributed by atoms with van der Waals surface area (Å²) in [4.78, 5) is 13.4. The highest BCUT2D eigenvalue weighted by Gasteiger charge is 2.35. The molecular weight excluding hydrogens is 287 g/mol. The molecule has 1 unspecified atom stereocenters. The molecule has 5 nitrogen and oxygen atoms in total. The monoisotopic (exact) mass is 303 g/mol. The molecule has 116 valence electrons. The molecule has 2 rings (SSSR count). The highest BCUT2D eigenvalue weighted by atomic mass is 19.4. The van der Waals surface area contributed by atoms with Crippen LogP contribution in [0.5, 0.6) is 0 Å². The molecule has 1 amide bonds. The lowest BCUT2D eigenvalue weighted by molar-refractivity contribution is -0.136. The van der Waals surface area contributed by atoms with Crippen LogP contribution in [0.25, 0.3) is 0 Å². The number of anilines is 2. The van der Waals surface area contributed by atoms with Gasteiger partial charge in [-0.2, -0.15) is 13.2 Å². The van der Waals surface area contributed by atoms with Gasteiger partial charge in [0.2, 0.25) is 5.91 Å². The molecule has 1 aromatic carbocycles. The largest absolute Gasteiger partial charge is 0.418 e. The van der Waals surface area contributed by atoms with Gasteiger partial charge in [-0.05, 0) is 18.2 Å². The second kappa shape index (κ2) is 5.80. The number of rotatable bonds is 2. The number of ether oxygens (including phenoxy) is 1. The zero-order chi connectivity index (χ0) is 15.6. The molecule has 1 aliphatic heterocycles. The minimum absolute atomic E-state index is 0.130. The van der Waals surface area contributed by atoms with Crippen LogP contribution in [-0.2, 0) is 15.7 Å². The minimum Gasteiger partial charge on any atom is -0.398 e. The van der Waals surface area contributed by atoms with E-state index in [9.17, 15) is 18.0 Å². The van der Waals surface area contributed by atoms with E-state index in [2.05, 4.69) is 5.32 Å². The number of amides is 1. The molecule has 3 N–H and O–H groups in total. The van der Waals surface area contributed by atoms with Gasteiger partial charge in [0.1, 0.15) is 6.04 Å². The zero-order valence-corrected chi connectivity index (χ0v) is 11.4. The molecule has 0 aliphatic carbocycles. The first kappa shape index (κ1) is 15.4. The third-order valence-electron chi connectivity index (χ3n) is 3.35. The molecule has 1 aliphatic rings. The van der Waals surface area contributed by atoms with Crippen molar-refractivity contribution in [3.63, 3.8) is 0 Å². The van der Waals surface area contributed by atoms with E-state index >= 15 is 0 Å². The van der Waals surface area contributed by atoms with E-state index in [1.165, 1.54) is 19.2 Å². The molecule has 8 heteroatoms. The van der Waals surface area contributed by atoms with Crippen LogP contribution in [0, 0.1) is 0 Å². The third kappa shape index (κ3) is 3.21. The van der Waals surface area contributed by atoms with E-state index in [1.807, 2.05) is 0 Å². The van der Waals surface area contributed by atoms with Crippen molar-refractivity contribution in [2.45, 2.75) is 12.2 Å². The van der Waals surface area contributed by atoms with Crippen LogP contribution in [0.4, 0.5) is 24.5 Å². The van der Waals surface area contributed by atoms with Gasteiger partial charge in [0.05, 0.1) is 18.8 Å². The summed E-state index contributed by atoms with van der Waals surface area (Å²) < 4.78 is 44.0. The van der Waals surface area contributed by atoms with Gasteiger partial charge < -0.3 is 20.7 Å². The Morgan fingerprint density at radius 3 is 2.81 bits per heavy atom. The first-order chi connectivity index (χ1) is 9.84. The summed E-state index contributed by atoms with van der Waals surface area (Å²) in [6.07, 6.45) is -4.53. The summed E-state index contributed by atoms with van der Waals surface area (Å²) in [6.45, 7) is 0.809. The summed E-state index contributed by atoms with van der Waals surface area (Å²) in [5, 5.41) is 2.48. The molecule has 1 heterocycles. The van der Waals surface area contributed by atoms with Crippen LogP contribution in [0.2, 0.25) is 0 Å². The fraction of sp³-hybridized carbons (Fsp3) is 0.462. The van der Waals surface area contributed by atoms with Gasteiger partial charge in [-0.1, -0.05) is 0 Å². The number of benzene rings is 1. The minimum atomic E-state index is -4.53. The van der Waals surface area contributed by atoms with Crippen molar-refractivity contribution in [3.05, 3.63) is 23.8 Å². The predicted molar refractivity (Wildman–Crippen MR) is 71.9 cm³/mol. The predicted octanol–water partition coefficient (Wildman–Crippen LogP) is 1.24. The fourth-order valence-electron chi connectivity index (χ4n) is 2.26. The van der Waals surface area contributed by atoms with E-state index in [0.29, 0.717) is 18.8 Å². The topological polar surface area (TPSA) is 67.6 Å². The van der Waals surface area contributed by atoms with Gasteiger partial charge >= 0.3 is 6.18 Å². The van der Waals surface area contributed by atoms with Crippen molar-refractivity contribution < 1.29 is 22.7 Å². The summed E-state index contributed by atoms with van der Waals surface area (Å²) in [7, 11) is 1.47. The molecule has 0 spiro atoms. The van der Waals surface area contributed by atoms with Crippen molar-refractivity contribution in [2.24, 2.45) is 0 Å². The summed E-state index contributed by atoms with van der Waals surface area (Å²) in [6, 6.07) is 2.99. The van der Waals surface area contributed by atoms with Gasteiger partial charge in [-0.25, -0.2) is 0 Å². The lowest BCUT2D eigenvalue weighted by Crippen LogP contribution is -2.53. The van der Waals surface area contributed by atoms with Crippen LogP contribution in [0.3, 0.4) is 0 Å². The number of nitrogens with one attached hydrogen (secondary N) is 1. The average Bonchev–Trinajstić information content (AvgIpc) is 2.46. The van der Waals surface area contributed by atoms with Crippen molar-refractivity contribution in [1.29, 1.82) is 0 Å². The maximum atomic E-state index is 12.9. The molecule has 0 aromatic heterocycles. The maximum absolute atomic E-state index is 12.9. The second-order valence-electron chi connectivity index (χ2n) is 4.67. The van der Waals surface area contributed by atoms with E-state index in [1.54, 1.807) is 4.90 Å². The Balaban J connectivity index is 2.37. The number of carbonyl (C=O) groups is 1. The van der Waals surface area contributed by atoms with Gasteiger partial charge in [-0.15, -0.1) is 0 Å². The quantitative estimate of drug-likeness (QED) is 0.807. The van der Waals surface area contributed by atoms with Crippen molar-refractivity contribution >= 4 is 17.3 Å². The number of nitrogen functional groups attached to an aromatic ring is 1. The number of hydrogen-bond donors (Lipinski definition) is 2. The Hall–Kier alpha value is -1.96. The van der Waals surface area contributed by atoms with Crippen LogP contribution in [-0.4, -0.2) is 38.8 Å². The SMILES string of the molecule is CNC(=O)C1COCCN1c1ccc(N)c(C(F)(F)F)c1. The van der Waals surface area contributed by atoms with Gasteiger partial charge in [0.25, 0.3) is 0 Å². The van der Waals surface area contributed by atoms with Crippen LogP contribution in [0.1, 0.15) is 5.56 Å². The molecule has 1 saturated heterocycles. The van der Waals surface area contributed by atoms with Gasteiger partial charge in [0.15, 0.2) is 0 Å². The average molecular weight is 303 g/mol. The third-order valence-corrected chi connectivity index (χ3v) is 3.35. The van der Waals surface area contributed by atoms with Crippen LogP contribution < -0.4 is 16.0 Å². The Labute approximate surface area is 119 Å². The number of halogens is 3. The summed E-state index contributed by atoms with van der Waals surface area (Å²) >= 11 is 0. The molecule has 1 fully saturated rings. The van der Waals surface area contributed by atoms with Crippen molar-refractivity contribution in [2.75, 3.05) is 37.4 Å². The lowest BCUT2D eigenvalue weighted by atomic mass is 10.1. The smallest absolute Gasteiger partial charge is 0.398 e. The van der Waals surface area contributed by atoms with Gasteiger partial charge in [-0.3, -0.25) is 4.79 Å². The highest BCUT2D eigenvalue weighted by molar-refractivity contribution is 5.85. The number of hydrogen-bond acceptors (Lipinski definition) is 4. The van der Waals surface area contributed by atoms with E-state index in [0.717, 1.165) is 6.07 Å². The van der Waals surface area contributed by atoms with Crippen molar-refractivity contribution in [1.82, 2.24) is 5.32 Å². The standard InChI is InChI=1S/C13H16F3N3O2/c1-18-12(20)11-7-21-5-4-19(11)8-2-3-10(17)9(6-8)13(14,15)16/h2-3,6,11H,4-5,7,17H2,1H3,(H,18,20). The first-order valence-electron chi connectivity index (χ1n) is 6.37. The lowest BCUT2D eigenvalue weighted by Gasteiger charge is -2.36. The molecule has 1 atom stereocenters. The Bertz CT molecular complexity index is 534. The molecule has 0 saturated carbocycles. The Kier molecular flexibility index (Phi) is 4.26. The van der Waals surface area contributed by atoms with Gasteiger partial charge in [0, 0.05) is 25.0 Å². The normalized spacial score (nSPS) is 19.4. The zero-order valence-electron chi connectivity index (χ0n) is 11.4. The van der Waals surface area contributed by atoms with Crippen LogP contribution in [0.15, 0.2) is 18.2 Å². The van der Waals surface area contributed by atoms with E-state index < -0.39 is 17.8 Å².